The van der Waals surface area contributed by atoms with E-state index < -0.39 is 0 Å². The van der Waals surface area contributed by atoms with Crippen LogP contribution in [-0.4, -0.2) is 24.0 Å². The summed E-state index contributed by atoms with van der Waals surface area (Å²) < 4.78 is 5.40. The number of nitrogens with zero attached hydrogens (tertiary/aromatic N) is 1. The Hall–Kier alpha value is -2.36. The number of ether oxygens (including phenoxy) is 1. The molecular weight excluding hydrogens is 228 g/mol. The molecule has 0 unspecified atom stereocenters. The van der Waals surface area contributed by atoms with Crippen molar-refractivity contribution in [3.63, 3.8) is 0 Å². The van der Waals surface area contributed by atoms with E-state index in [1.54, 1.807) is 18.3 Å². The van der Waals surface area contributed by atoms with E-state index in [9.17, 15) is 4.79 Å². The molecule has 0 atom stereocenters. The number of amides is 1. The van der Waals surface area contributed by atoms with Gasteiger partial charge in [-0.05, 0) is 24.3 Å². The highest BCUT2D eigenvalue weighted by atomic mass is 16.5. The topological polar surface area (TPSA) is 51.2 Å². The van der Waals surface area contributed by atoms with Crippen LogP contribution in [0, 0.1) is 0 Å². The fourth-order valence-electron chi connectivity index (χ4n) is 1.53. The smallest absolute Gasteiger partial charge is 0.258 e. The van der Waals surface area contributed by atoms with Gasteiger partial charge in [-0.15, -0.1) is 6.58 Å². The molecule has 0 aliphatic heterocycles. The highest BCUT2D eigenvalue weighted by Crippen LogP contribution is 2.18. The SMILES string of the molecule is C=CCNC(=O)COc1ccc2ncccc2c1. The molecule has 1 amide bonds. The molecule has 0 fully saturated rings. The van der Waals surface area contributed by atoms with Gasteiger partial charge in [-0.3, -0.25) is 9.78 Å². The van der Waals surface area contributed by atoms with Crippen LogP contribution in [0.25, 0.3) is 10.9 Å². The summed E-state index contributed by atoms with van der Waals surface area (Å²) in [7, 11) is 0. The highest BCUT2D eigenvalue weighted by molar-refractivity contribution is 5.80. The number of hydrogen-bond donors (Lipinski definition) is 1. The van der Waals surface area contributed by atoms with Crippen LogP contribution < -0.4 is 10.1 Å². The molecule has 0 spiro atoms. The number of hydrogen-bond acceptors (Lipinski definition) is 3. The molecule has 1 aromatic heterocycles. The summed E-state index contributed by atoms with van der Waals surface area (Å²) in [4.78, 5) is 15.6. The third-order valence-corrected chi connectivity index (χ3v) is 2.39. The lowest BCUT2D eigenvalue weighted by Gasteiger charge is -2.06. The predicted molar refractivity (Wildman–Crippen MR) is 70.4 cm³/mol. The van der Waals surface area contributed by atoms with Gasteiger partial charge in [0.25, 0.3) is 5.91 Å². The lowest BCUT2D eigenvalue weighted by molar-refractivity contribution is -0.122. The van der Waals surface area contributed by atoms with E-state index >= 15 is 0 Å². The molecule has 0 radical (unpaired) electrons. The van der Waals surface area contributed by atoms with Crippen LogP contribution >= 0.6 is 0 Å². The summed E-state index contributed by atoms with van der Waals surface area (Å²) in [5, 5.41) is 3.63. The van der Waals surface area contributed by atoms with E-state index in [2.05, 4.69) is 16.9 Å². The zero-order chi connectivity index (χ0) is 12.8. The highest BCUT2D eigenvalue weighted by Gasteiger charge is 2.02. The van der Waals surface area contributed by atoms with Gasteiger partial charge in [0.15, 0.2) is 6.61 Å². The molecule has 0 aliphatic rings. The van der Waals surface area contributed by atoms with Crippen molar-refractivity contribution in [2.24, 2.45) is 0 Å². The quantitative estimate of drug-likeness (QED) is 0.815. The van der Waals surface area contributed by atoms with Crippen molar-refractivity contribution in [2.45, 2.75) is 0 Å². The van der Waals surface area contributed by atoms with Crippen molar-refractivity contribution in [3.05, 3.63) is 49.2 Å². The number of fused-ring (bicyclic) bond motifs is 1. The first-order valence-electron chi connectivity index (χ1n) is 5.65. The summed E-state index contributed by atoms with van der Waals surface area (Å²) in [6, 6.07) is 9.35. The van der Waals surface area contributed by atoms with E-state index in [4.69, 9.17) is 4.74 Å². The van der Waals surface area contributed by atoms with Gasteiger partial charge in [0.1, 0.15) is 5.75 Å². The van der Waals surface area contributed by atoms with Gasteiger partial charge in [-0.1, -0.05) is 12.1 Å². The van der Waals surface area contributed by atoms with E-state index in [0.717, 1.165) is 10.9 Å². The number of pyridine rings is 1. The van der Waals surface area contributed by atoms with Gasteiger partial charge >= 0.3 is 0 Å². The van der Waals surface area contributed by atoms with Crippen LogP contribution in [0.2, 0.25) is 0 Å². The number of rotatable bonds is 5. The lowest BCUT2D eigenvalue weighted by Crippen LogP contribution is -2.28. The molecule has 0 bridgehead atoms. The van der Waals surface area contributed by atoms with E-state index in [0.29, 0.717) is 12.3 Å². The predicted octanol–water partition coefficient (Wildman–Crippen LogP) is 1.92. The Balaban J connectivity index is 1.99. The van der Waals surface area contributed by atoms with Gasteiger partial charge in [-0.2, -0.15) is 0 Å². The summed E-state index contributed by atoms with van der Waals surface area (Å²) in [6.45, 7) is 3.97. The third kappa shape index (κ3) is 3.07. The molecule has 1 aromatic carbocycles. The minimum atomic E-state index is -0.166. The van der Waals surface area contributed by atoms with Crippen molar-refractivity contribution >= 4 is 16.8 Å². The number of nitrogens with one attached hydrogen (secondary N) is 1. The van der Waals surface area contributed by atoms with Crippen molar-refractivity contribution in [1.82, 2.24) is 10.3 Å². The first-order valence-corrected chi connectivity index (χ1v) is 5.65. The van der Waals surface area contributed by atoms with Crippen LogP contribution in [0.15, 0.2) is 49.2 Å². The molecule has 18 heavy (non-hydrogen) atoms. The van der Waals surface area contributed by atoms with Gasteiger partial charge < -0.3 is 10.1 Å². The maximum Gasteiger partial charge on any atom is 0.258 e. The fourth-order valence-corrected chi connectivity index (χ4v) is 1.53. The maximum atomic E-state index is 11.3. The molecule has 0 saturated heterocycles. The number of benzene rings is 1. The van der Waals surface area contributed by atoms with Crippen molar-refractivity contribution in [3.8, 4) is 5.75 Å². The zero-order valence-electron chi connectivity index (χ0n) is 9.93. The summed E-state index contributed by atoms with van der Waals surface area (Å²) in [6.07, 6.45) is 3.37. The monoisotopic (exact) mass is 242 g/mol. The third-order valence-electron chi connectivity index (χ3n) is 2.39. The Morgan fingerprint density at radius 1 is 1.44 bits per heavy atom. The molecule has 92 valence electrons. The van der Waals surface area contributed by atoms with Crippen molar-refractivity contribution in [1.29, 1.82) is 0 Å². The van der Waals surface area contributed by atoms with Gasteiger partial charge in [0, 0.05) is 18.1 Å². The molecule has 0 saturated carbocycles. The second-order valence-corrected chi connectivity index (χ2v) is 3.74. The summed E-state index contributed by atoms with van der Waals surface area (Å²) in [5.41, 5.74) is 0.904. The Morgan fingerprint density at radius 3 is 3.17 bits per heavy atom. The standard InChI is InChI=1S/C14H14N2O2/c1-2-7-16-14(17)10-18-12-5-6-13-11(9-12)4-3-8-15-13/h2-6,8-9H,1,7,10H2,(H,16,17). The van der Waals surface area contributed by atoms with E-state index in [-0.39, 0.29) is 12.5 Å². The second-order valence-electron chi connectivity index (χ2n) is 3.74. The largest absolute Gasteiger partial charge is 0.484 e. The average Bonchev–Trinajstić information content (AvgIpc) is 2.42. The number of carbonyl (C=O) groups is 1. The van der Waals surface area contributed by atoms with E-state index in [1.165, 1.54) is 0 Å². The first-order chi connectivity index (χ1) is 8.79. The van der Waals surface area contributed by atoms with E-state index in [1.807, 2.05) is 24.3 Å². The molecule has 1 N–H and O–H groups in total. The van der Waals surface area contributed by atoms with Crippen LogP contribution in [0.5, 0.6) is 5.75 Å². The van der Waals surface area contributed by atoms with Crippen LogP contribution in [0.1, 0.15) is 0 Å². The molecule has 2 rings (SSSR count). The normalized spacial score (nSPS) is 10.0. The van der Waals surface area contributed by atoms with Crippen LogP contribution in [0.3, 0.4) is 0 Å². The Kier molecular flexibility index (Phi) is 3.91. The minimum absolute atomic E-state index is 0.000388. The van der Waals surface area contributed by atoms with Gasteiger partial charge in [0.2, 0.25) is 0 Å². The summed E-state index contributed by atoms with van der Waals surface area (Å²) >= 11 is 0. The molecule has 2 aromatic rings. The average molecular weight is 242 g/mol. The minimum Gasteiger partial charge on any atom is -0.484 e. The molecular formula is C14H14N2O2. The Morgan fingerprint density at radius 2 is 2.33 bits per heavy atom. The Bertz CT molecular complexity index is 566. The fraction of sp³-hybridized carbons (Fsp3) is 0.143. The molecule has 4 nitrogen and oxygen atoms in total. The molecule has 1 heterocycles. The zero-order valence-corrected chi connectivity index (χ0v) is 9.93. The number of carbonyl (C=O) groups excluding carboxylic acids is 1. The first kappa shape index (κ1) is 12.1. The summed E-state index contributed by atoms with van der Waals surface area (Å²) in [5.74, 6) is 0.491. The van der Waals surface area contributed by atoms with Gasteiger partial charge in [-0.25, -0.2) is 0 Å². The molecule has 4 heteroatoms. The van der Waals surface area contributed by atoms with Crippen LogP contribution in [0.4, 0.5) is 0 Å². The van der Waals surface area contributed by atoms with Gasteiger partial charge in [0.05, 0.1) is 5.52 Å². The second kappa shape index (κ2) is 5.82. The van der Waals surface area contributed by atoms with Crippen molar-refractivity contribution in [2.75, 3.05) is 13.2 Å². The molecule has 0 aliphatic carbocycles. The maximum absolute atomic E-state index is 11.3. The Labute approximate surface area is 105 Å². The lowest BCUT2D eigenvalue weighted by atomic mass is 10.2. The van der Waals surface area contributed by atoms with Crippen LogP contribution in [-0.2, 0) is 4.79 Å². The number of aromatic nitrogens is 1. The van der Waals surface area contributed by atoms with Crippen molar-refractivity contribution < 1.29 is 9.53 Å².